The van der Waals surface area contributed by atoms with Crippen LogP contribution in [-0.2, 0) is 9.53 Å². The molecule has 0 aromatic heterocycles. The van der Waals surface area contributed by atoms with Gasteiger partial charge in [-0.15, -0.1) is 0 Å². The number of methoxy groups -OCH3 is 1. The van der Waals surface area contributed by atoms with Gasteiger partial charge in [0.05, 0.1) is 12.0 Å². The molecule has 104 valence electrons. The number of rotatable bonds is 4. The molecule has 0 radical (unpaired) electrons. The van der Waals surface area contributed by atoms with Gasteiger partial charge in [0, 0.05) is 18.9 Å². The van der Waals surface area contributed by atoms with E-state index < -0.39 is 10.7 Å². The molecule has 2 rings (SSSR count). The van der Waals surface area contributed by atoms with Crippen LogP contribution < -0.4 is 0 Å². The van der Waals surface area contributed by atoms with E-state index in [2.05, 4.69) is 0 Å². The predicted octanol–water partition coefficient (Wildman–Crippen LogP) is 2.43. The van der Waals surface area contributed by atoms with Crippen LogP contribution in [0.4, 0.5) is 5.69 Å². The van der Waals surface area contributed by atoms with Gasteiger partial charge < -0.3 is 4.74 Å². The standard InChI is InChI=1S/C14H13NO5/c1-20-12-8-4-7-11(16)13(12)14(17)9-5-2-3-6-10(9)15(18)19/h2-3,5-6H,4,7-8H2,1H3. The summed E-state index contributed by atoms with van der Waals surface area (Å²) in [4.78, 5) is 34.7. The van der Waals surface area contributed by atoms with Crippen LogP contribution in [0, 0.1) is 10.1 Å². The molecule has 0 saturated carbocycles. The van der Waals surface area contributed by atoms with Gasteiger partial charge in [-0.05, 0) is 12.5 Å². The predicted molar refractivity (Wildman–Crippen MR) is 70.3 cm³/mol. The normalized spacial score (nSPS) is 15.2. The molecule has 0 bridgehead atoms. The van der Waals surface area contributed by atoms with Crippen molar-refractivity contribution in [1.82, 2.24) is 0 Å². The highest BCUT2D eigenvalue weighted by molar-refractivity contribution is 6.28. The van der Waals surface area contributed by atoms with Gasteiger partial charge in [0.1, 0.15) is 16.9 Å². The van der Waals surface area contributed by atoms with Crippen LogP contribution in [0.15, 0.2) is 35.6 Å². The van der Waals surface area contributed by atoms with Crippen molar-refractivity contribution in [2.24, 2.45) is 0 Å². The Hall–Kier alpha value is -2.50. The maximum Gasteiger partial charge on any atom is 0.280 e. The van der Waals surface area contributed by atoms with E-state index in [0.29, 0.717) is 18.6 Å². The summed E-state index contributed by atoms with van der Waals surface area (Å²) in [5.74, 6) is -0.653. The van der Waals surface area contributed by atoms with E-state index >= 15 is 0 Å². The number of nitro groups is 1. The molecule has 0 N–H and O–H groups in total. The largest absolute Gasteiger partial charge is 0.500 e. The third-order valence-corrected chi connectivity index (χ3v) is 3.18. The van der Waals surface area contributed by atoms with Crippen molar-refractivity contribution >= 4 is 17.3 Å². The van der Waals surface area contributed by atoms with Crippen LogP contribution >= 0.6 is 0 Å². The molecule has 0 aliphatic heterocycles. The lowest BCUT2D eigenvalue weighted by Gasteiger charge is -2.17. The van der Waals surface area contributed by atoms with Crippen molar-refractivity contribution in [2.75, 3.05) is 7.11 Å². The van der Waals surface area contributed by atoms with Gasteiger partial charge in [-0.3, -0.25) is 19.7 Å². The van der Waals surface area contributed by atoms with Crippen molar-refractivity contribution in [3.63, 3.8) is 0 Å². The molecule has 1 aliphatic carbocycles. The number of allylic oxidation sites excluding steroid dienone is 2. The van der Waals surface area contributed by atoms with Crippen molar-refractivity contribution in [1.29, 1.82) is 0 Å². The topological polar surface area (TPSA) is 86.5 Å². The van der Waals surface area contributed by atoms with Gasteiger partial charge in [-0.1, -0.05) is 12.1 Å². The Bertz CT molecular complexity index is 618. The molecular formula is C14H13NO5. The average Bonchev–Trinajstić information content (AvgIpc) is 2.46. The van der Waals surface area contributed by atoms with Gasteiger partial charge in [0.15, 0.2) is 5.78 Å². The second kappa shape index (κ2) is 5.64. The summed E-state index contributed by atoms with van der Waals surface area (Å²) >= 11 is 0. The number of para-hydroxylation sites is 1. The number of hydrogen-bond acceptors (Lipinski definition) is 5. The maximum absolute atomic E-state index is 12.4. The number of benzene rings is 1. The highest BCUT2D eigenvalue weighted by atomic mass is 16.6. The molecule has 1 aromatic rings. The quantitative estimate of drug-likeness (QED) is 0.364. The second-order valence-corrected chi connectivity index (χ2v) is 4.38. The highest BCUT2D eigenvalue weighted by Gasteiger charge is 2.31. The van der Waals surface area contributed by atoms with Gasteiger partial charge in [-0.25, -0.2) is 0 Å². The monoisotopic (exact) mass is 275 g/mol. The molecule has 0 saturated heterocycles. The molecule has 0 unspecified atom stereocenters. The SMILES string of the molecule is COC1=C(C(=O)c2ccccc2[N+](=O)[O-])C(=O)CCC1. The van der Waals surface area contributed by atoms with Gasteiger partial charge in [-0.2, -0.15) is 0 Å². The Morgan fingerprint density at radius 2 is 2.00 bits per heavy atom. The van der Waals surface area contributed by atoms with Crippen molar-refractivity contribution < 1.29 is 19.2 Å². The zero-order chi connectivity index (χ0) is 14.7. The number of Topliss-reactive ketones (excluding diaryl/α,β-unsaturated/α-hetero) is 2. The van der Waals surface area contributed by atoms with Gasteiger partial charge >= 0.3 is 0 Å². The van der Waals surface area contributed by atoms with Crippen LogP contribution in [0.2, 0.25) is 0 Å². The fraction of sp³-hybridized carbons (Fsp3) is 0.286. The maximum atomic E-state index is 12.4. The first-order valence-electron chi connectivity index (χ1n) is 6.14. The number of ketones is 2. The molecule has 1 aromatic carbocycles. The van der Waals surface area contributed by atoms with Crippen LogP contribution in [0.1, 0.15) is 29.6 Å². The molecule has 0 atom stereocenters. The van der Waals surface area contributed by atoms with E-state index in [4.69, 9.17) is 4.74 Å². The number of nitrogens with zero attached hydrogens (tertiary/aromatic N) is 1. The fourth-order valence-corrected chi connectivity index (χ4v) is 2.23. The minimum atomic E-state index is -0.640. The van der Waals surface area contributed by atoms with Crippen molar-refractivity contribution in [3.8, 4) is 0 Å². The second-order valence-electron chi connectivity index (χ2n) is 4.38. The molecule has 1 aliphatic rings. The molecule has 6 nitrogen and oxygen atoms in total. The Labute approximate surface area is 115 Å². The number of ether oxygens (including phenoxy) is 1. The van der Waals surface area contributed by atoms with E-state index in [1.54, 1.807) is 0 Å². The van der Waals surface area contributed by atoms with Gasteiger partial charge in [0.2, 0.25) is 5.78 Å². The van der Waals surface area contributed by atoms with Crippen LogP contribution in [-0.4, -0.2) is 23.6 Å². The van der Waals surface area contributed by atoms with E-state index in [1.165, 1.54) is 31.4 Å². The molecule has 6 heteroatoms. The average molecular weight is 275 g/mol. The van der Waals surface area contributed by atoms with Crippen LogP contribution in [0.25, 0.3) is 0 Å². The third kappa shape index (κ3) is 2.45. The molecule has 0 fully saturated rings. The highest BCUT2D eigenvalue weighted by Crippen LogP contribution is 2.28. The van der Waals surface area contributed by atoms with Crippen molar-refractivity contribution in [3.05, 3.63) is 51.3 Å². The Balaban J connectivity index is 2.53. The van der Waals surface area contributed by atoms with Crippen molar-refractivity contribution in [2.45, 2.75) is 19.3 Å². The first-order chi connectivity index (χ1) is 9.56. The first kappa shape index (κ1) is 13.9. The number of nitro benzene ring substituents is 1. The summed E-state index contributed by atoms with van der Waals surface area (Å²) in [6, 6.07) is 5.60. The molecule has 20 heavy (non-hydrogen) atoms. The lowest BCUT2D eigenvalue weighted by atomic mass is 9.90. The zero-order valence-corrected chi connectivity index (χ0v) is 10.9. The van der Waals surface area contributed by atoms with Crippen LogP contribution in [0.3, 0.4) is 0 Å². The fourth-order valence-electron chi connectivity index (χ4n) is 2.23. The molecule has 0 spiro atoms. The summed E-state index contributed by atoms with van der Waals surface area (Å²) < 4.78 is 5.09. The Morgan fingerprint density at radius 1 is 1.30 bits per heavy atom. The van der Waals surface area contributed by atoms with Crippen LogP contribution in [0.5, 0.6) is 0 Å². The van der Waals surface area contributed by atoms with E-state index in [-0.39, 0.29) is 29.0 Å². The number of carbonyl (C=O) groups excluding carboxylic acids is 2. The number of hydrogen-bond donors (Lipinski definition) is 0. The summed E-state index contributed by atoms with van der Waals surface area (Å²) in [6.07, 6.45) is 1.37. The molecule has 0 amide bonds. The van der Waals surface area contributed by atoms with Gasteiger partial charge in [0.25, 0.3) is 5.69 Å². The lowest BCUT2D eigenvalue weighted by Crippen LogP contribution is -2.21. The lowest BCUT2D eigenvalue weighted by molar-refractivity contribution is -0.385. The summed E-state index contributed by atoms with van der Waals surface area (Å²) in [7, 11) is 1.39. The summed E-state index contributed by atoms with van der Waals surface area (Å²) in [5, 5.41) is 11.0. The Morgan fingerprint density at radius 3 is 2.65 bits per heavy atom. The zero-order valence-electron chi connectivity index (χ0n) is 10.9. The summed E-state index contributed by atoms with van der Waals surface area (Å²) in [5.41, 5.74) is -0.454. The third-order valence-electron chi connectivity index (χ3n) is 3.18. The summed E-state index contributed by atoms with van der Waals surface area (Å²) in [6.45, 7) is 0. The number of carbonyl (C=O) groups is 2. The van der Waals surface area contributed by atoms with E-state index in [1.807, 2.05) is 0 Å². The van der Waals surface area contributed by atoms with E-state index in [0.717, 1.165) is 0 Å². The smallest absolute Gasteiger partial charge is 0.280 e. The Kier molecular flexibility index (Phi) is 3.93. The molecular weight excluding hydrogens is 262 g/mol. The minimum absolute atomic E-state index is 0.0620. The molecule has 0 heterocycles. The minimum Gasteiger partial charge on any atom is -0.500 e. The van der Waals surface area contributed by atoms with E-state index in [9.17, 15) is 19.7 Å². The first-order valence-corrected chi connectivity index (χ1v) is 6.14.